The van der Waals surface area contributed by atoms with Crippen molar-refractivity contribution in [2.24, 2.45) is 0 Å². The van der Waals surface area contributed by atoms with Crippen LogP contribution in [0.2, 0.25) is 10.0 Å². The minimum Gasteiger partial charge on any atom is -0.380 e. The average Bonchev–Trinajstić information content (AvgIpc) is 2.68. The Hall–Kier alpha value is -2.23. The van der Waals surface area contributed by atoms with Gasteiger partial charge in [0.25, 0.3) is 0 Å². The highest BCUT2D eigenvalue weighted by molar-refractivity contribution is 8.00. The lowest BCUT2D eigenvalue weighted by molar-refractivity contribution is -0.144. The van der Waals surface area contributed by atoms with Gasteiger partial charge in [-0.25, -0.2) is 14.4 Å². The van der Waals surface area contributed by atoms with E-state index in [9.17, 15) is 17.6 Å². The van der Waals surface area contributed by atoms with Crippen LogP contribution in [0.15, 0.2) is 53.6 Å². The van der Waals surface area contributed by atoms with Crippen LogP contribution in [0.4, 0.5) is 29.1 Å². The van der Waals surface area contributed by atoms with E-state index in [2.05, 4.69) is 20.0 Å². The van der Waals surface area contributed by atoms with Crippen LogP contribution in [0.5, 0.6) is 0 Å². The van der Waals surface area contributed by atoms with Gasteiger partial charge in [0.2, 0.25) is 5.82 Å². The molecule has 29 heavy (non-hydrogen) atoms. The average molecular weight is 463 g/mol. The summed E-state index contributed by atoms with van der Waals surface area (Å²) in [5.74, 6) is -2.02. The van der Waals surface area contributed by atoms with Gasteiger partial charge in [0.1, 0.15) is 11.6 Å². The molecule has 0 bridgehead atoms. The van der Waals surface area contributed by atoms with Crippen molar-refractivity contribution in [3.8, 4) is 0 Å². The maximum atomic E-state index is 14.4. The van der Waals surface area contributed by atoms with E-state index >= 15 is 0 Å². The van der Waals surface area contributed by atoms with E-state index in [-0.39, 0.29) is 15.7 Å². The lowest BCUT2D eigenvalue weighted by Crippen LogP contribution is -2.11. The zero-order valence-corrected chi connectivity index (χ0v) is 16.7. The van der Waals surface area contributed by atoms with E-state index in [4.69, 9.17) is 23.2 Å². The first-order chi connectivity index (χ1) is 13.7. The Bertz CT molecular complexity index is 1020. The first kappa shape index (κ1) is 21.5. The Kier molecular flexibility index (Phi) is 6.71. The number of benzene rings is 2. The van der Waals surface area contributed by atoms with Gasteiger partial charge in [0.15, 0.2) is 0 Å². The second-order valence-corrected chi connectivity index (χ2v) is 7.34. The third-order valence-electron chi connectivity index (χ3n) is 3.62. The topological polar surface area (TPSA) is 49.8 Å². The molecule has 1 heterocycles. The van der Waals surface area contributed by atoms with Gasteiger partial charge >= 0.3 is 6.18 Å². The largest absolute Gasteiger partial charge is 0.451 e. The molecule has 2 aromatic carbocycles. The van der Waals surface area contributed by atoms with Crippen LogP contribution in [-0.2, 0) is 12.7 Å². The van der Waals surface area contributed by atoms with Gasteiger partial charge in [-0.05, 0) is 41.8 Å². The Balaban J connectivity index is 1.69. The van der Waals surface area contributed by atoms with Crippen molar-refractivity contribution in [2.75, 3.05) is 10.0 Å². The van der Waals surface area contributed by atoms with Crippen molar-refractivity contribution in [3.63, 3.8) is 0 Å². The second-order valence-electron chi connectivity index (χ2n) is 5.67. The van der Waals surface area contributed by atoms with E-state index in [1.54, 1.807) is 12.1 Å². The number of rotatable bonds is 6. The molecule has 4 nitrogen and oxygen atoms in total. The minimum atomic E-state index is -4.67. The first-order valence-corrected chi connectivity index (χ1v) is 9.60. The Morgan fingerprint density at radius 3 is 2.52 bits per heavy atom. The SMILES string of the molecule is Fc1cc(NCc2ccccc2Cl)c(Cl)cc1SNc1ccnc(C(F)(F)F)n1. The molecule has 0 amide bonds. The van der Waals surface area contributed by atoms with Crippen LogP contribution in [-0.4, -0.2) is 9.97 Å². The van der Waals surface area contributed by atoms with Crippen LogP contribution in [0.3, 0.4) is 0 Å². The summed E-state index contributed by atoms with van der Waals surface area (Å²) in [5.41, 5.74) is 1.17. The summed E-state index contributed by atoms with van der Waals surface area (Å²) >= 11 is 13.0. The number of aromatic nitrogens is 2. The fraction of sp³-hybridized carbons (Fsp3) is 0.111. The van der Waals surface area contributed by atoms with Crippen LogP contribution in [0.1, 0.15) is 11.4 Å². The monoisotopic (exact) mass is 462 g/mol. The number of nitrogens with one attached hydrogen (secondary N) is 2. The molecule has 2 N–H and O–H groups in total. The molecule has 11 heteroatoms. The maximum absolute atomic E-state index is 14.4. The zero-order valence-electron chi connectivity index (χ0n) is 14.4. The van der Waals surface area contributed by atoms with Crippen molar-refractivity contribution in [2.45, 2.75) is 17.6 Å². The van der Waals surface area contributed by atoms with Gasteiger partial charge in [-0.2, -0.15) is 13.2 Å². The number of alkyl halides is 3. The van der Waals surface area contributed by atoms with E-state index in [1.165, 1.54) is 18.2 Å². The smallest absolute Gasteiger partial charge is 0.380 e. The number of halogens is 6. The van der Waals surface area contributed by atoms with E-state index in [0.29, 0.717) is 17.3 Å². The van der Waals surface area contributed by atoms with Gasteiger partial charge < -0.3 is 10.0 Å². The predicted molar refractivity (Wildman–Crippen MR) is 107 cm³/mol. The number of hydrogen-bond acceptors (Lipinski definition) is 5. The summed E-state index contributed by atoms with van der Waals surface area (Å²) < 4.78 is 54.9. The fourth-order valence-corrected chi connectivity index (χ4v) is 3.39. The molecule has 0 aliphatic carbocycles. The summed E-state index contributed by atoms with van der Waals surface area (Å²) in [6.45, 7) is 0.338. The second kappa shape index (κ2) is 9.06. The summed E-state index contributed by atoms with van der Waals surface area (Å²) in [5, 5.41) is 3.81. The minimum absolute atomic E-state index is 0.0884. The molecule has 0 aliphatic heterocycles. The highest BCUT2D eigenvalue weighted by atomic mass is 35.5. The van der Waals surface area contributed by atoms with Crippen LogP contribution >= 0.6 is 35.1 Å². The van der Waals surface area contributed by atoms with Crippen LogP contribution < -0.4 is 10.0 Å². The highest BCUT2D eigenvalue weighted by Crippen LogP contribution is 2.33. The highest BCUT2D eigenvalue weighted by Gasteiger charge is 2.34. The molecule has 0 saturated carbocycles. The summed E-state index contributed by atoms with van der Waals surface area (Å²) in [6, 6.07) is 11.0. The van der Waals surface area contributed by atoms with Crippen LogP contribution in [0.25, 0.3) is 0 Å². The molecule has 152 valence electrons. The molecule has 3 aromatic rings. The molecule has 1 aromatic heterocycles. The van der Waals surface area contributed by atoms with Crippen molar-refractivity contribution < 1.29 is 17.6 Å². The van der Waals surface area contributed by atoms with Gasteiger partial charge in [0, 0.05) is 17.8 Å². The Morgan fingerprint density at radius 1 is 1.03 bits per heavy atom. The lowest BCUT2D eigenvalue weighted by atomic mass is 10.2. The van der Waals surface area contributed by atoms with E-state index < -0.39 is 17.8 Å². The van der Waals surface area contributed by atoms with E-state index in [1.807, 2.05) is 12.1 Å². The van der Waals surface area contributed by atoms with E-state index in [0.717, 1.165) is 23.7 Å². The number of nitrogens with zero attached hydrogens (tertiary/aromatic N) is 2. The van der Waals surface area contributed by atoms with Gasteiger partial charge in [-0.3, -0.25) is 0 Å². The van der Waals surface area contributed by atoms with Crippen molar-refractivity contribution >= 4 is 46.7 Å². The normalized spacial score (nSPS) is 11.4. The first-order valence-electron chi connectivity index (χ1n) is 8.03. The molecule has 0 unspecified atom stereocenters. The Labute approximate surface area is 177 Å². The number of anilines is 2. The van der Waals surface area contributed by atoms with Crippen LogP contribution in [0, 0.1) is 5.82 Å². The predicted octanol–water partition coefficient (Wildman–Crippen LogP) is 6.67. The number of hydrogen-bond donors (Lipinski definition) is 2. The molecule has 0 radical (unpaired) electrons. The lowest BCUT2D eigenvalue weighted by Gasteiger charge is -2.12. The van der Waals surface area contributed by atoms with Crippen molar-refractivity contribution in [1.82, 2.24) is 9.97 Å². The summed E-state index contributed by atoms with van der Waals surface area (Å²) in [6.07, 6.45) is -3.71. The summed E-state index contributed by atoms with van der Waals surface area (Å²) in [4.78, 5) is 6.60. The molecule has 0 fully saturated rings. The van der Waals surface area contributed by atoms with Gasteiger partial charge in [-0.15, -0.1) is 0 Å². The molecule has 0 aliphatic rings. The maximum Gasteiger partial charge on any atom is 0.451 e. The molecular weight excluding hydrogens is 451 g/mol. The van der Waals surface area contributed by atoms with Crippen molar-refractivity contribution in [3.05, 3.63) is 75.9 Å². The fourth-order valence-electron chi connectivity index (χ4n) is 2.23. The van der Waals surface area contributed by atoms with Crippen molar-refractivity contribution in [1.29, 1.82) is 0 Å². The third kappa shape index (κ3) is 5.65. The molecular formula is C18H12Cl2F4N4S. The quantitative estimate of drug-likeness (QED) is 0.316. The zero-order chi connectivity index (χ0) is 21.0. The van der Waals surface area contributed by atoms with Gasteiger partial charge in [0.05, 0.1) is 15.6 Å². The standard InChI is InChI=1S/C18H12Cl2F4N4S/c19-11-4-2-1-3-10(11)9-26-14-8-13(21)15(7-12(14)20)29-28-16-5-6-25-17(27-16)18(22,23)24/h1-8,26H,9H2,(H,25,27,28). The molecule has 0 atom stereocenters. The summed E-state index contributed by atoms with van der Waals surface area (Å²) in [7, 11) is 0. The Morgan fingerprint density at radius 2 is 1.79 bits per heavy atom. The molecule has 0 saturated heterocycles. The molecule has 3 rings (SSSR count). The third-order valence-corrected chi connectivity index (χ3v) is 5.15. The van der Waals surface area contributed by atoms with Gasteiger partial charge in [-0.1, -0.05) is 41.4 Å². The molecule has 0 spiro atoms.